The summed E-state index contributed by atoms with van der Waals surface area (Å²) in [6, 6.07) is 20.2. The number of benzene rings is 3. The van der Waals surface area contributed by atoms with E-state index in [1.165, 1.54) is 57.5 Å². The Morgan fingerprint density at radius 2 is 1.64 bits per heavy atom. The van der Waals surface area contributed by atoms with Crippen molar-refractivity contribution >= 4 is 51.6 Å². The van der Waals surface area contributed by atoms with Crippen molar-refractivity contribution < 1.29 is 9.72 Å². The van der Waals surface area contributed by atoms with Crippen LogP contribution in [0.3, 0.4) is 0 Å². The molecule has 2 aromatic heterocycles. The molecular formula is C31H31N7O3S3. The quantitative estimate of drug-likeness (QED) is 0.0705. The molecule has 44 heavy (non-hydrogen) atoms. The molecule has 0 spiro atoms. The molecule has 1 N–H and O–H groups in total. The van der Waals surface area contributed by atoms with Gasteiger partial charge < -0.3 is 0 Å². The van der Waals surface area contributed by atoms with Gasteiger partial charge in [0, 0.05) is 29.1 Å². The SMILES string of the molecule is Cc1cc(C(C)(C)C)cc(C)c1CSc1nnc(NC(=O)CSc2nnc(-c3ccc([N+](=O)[O-])cc3)n2-c2ccccc2)s1. The topological polar surface area (TPSA) is 129 Å². The lowest BCUT2D eigenvalue weighted by Crippen LogP contribution is -2.14. The standard InChI is InChI=1S/C31H31N7O3S3/c1-19-15-22(31(3,4)5)16-20(2)25(19)17-43-30-36-34-28(44-30)32-26(39)18-42-29-35-33-27(37(29)23-9-7-6-8-10-23)21-11-13-24(14-12-21)38(40)41/h6-16H,17-18H2,1-5H3,(H,32,34,39). The molecule has 5 aromatic rings. The maximum Gasteiger partial charge on any atom is 0.269 e. The van der Waals surface area contributed by atoms with Crippen LogP contribution in [0.25, 0.3) is 17.1 Å². The second-order valence-electron chi connectivity index (χ2n) is 11.1. The van der Waals surface area contributed by atoms with E-state index in [0.29, 0.717) is 21.7 Å². The Morgan fingerprint density at radius 1 is 0.955 bits per heavy atom. The third-order valence-corrected chi connectivity index (χ3v) is 9.80. The van der Waals surface area contributed by atoms with Crippen LogP contribution in [0.2, 0.25) is 0 Å². The van der Waals surface area contributed by atoms with E-state index >= 15 is 0 Å². The second-order valence-corrected chi connectivity index (χ2v) is 14.3. The van der Waals surface area contributed by atoms with Gasteiger partial charge in [-0.1, -0.05) is 86.0 Å². The highest BCUT2D eigenvalue weighted by Crippen LogP contribution is 2.33. The fraction of sp³-hybridized carbons (Fsp3) is 0.258. The molecule has 10 nitrogen and oxygen atoms in total. The van der Waals surface area contributed by atoms with E-state index in [4.69, 9.17) is 0 Å². The first kappa shape index (κ1) is 31.4. The van der Waals surface area contributed by atoms with Crippen molar-refractivity contribution in [3.63, 3.8) is 0 Å². The minimum atomic E-state index is -0.446. The van der Waals surface area contributed by atoms with E-state index < -0.39 is 4.92 Å². The van der Waals surface area contributed by atoms with Crippen molar-refractivity contribution in [3.8, 4) is 17.1 Å². The largest absolute Gasteiger partial charge is 0.300 e. The van der Waals surface area contributed by atoms with E-state index in [9.17, 15) is 14.9 Å². The first-order valence-electron chi connectivity index (χ1n) is 13.7. The third kappa shape index (κ3) is 7.34. The fourth-order valence-corrected chi connectivity index (χ4v) is 7.20. The highest BCUT2D eigenvalue weighted by molar-refractivity contribution is 8.00. The number of nitro benzene ring substituents is 1. The molecule has 0 aliphatic heterocycles. The van der Waals surface area contributed by atoms with Crippen molar-refractivity contribution in [2.75, 3.05) is 11.1 Å². The highest BCUT2D eigenvalue weighted by Gasteiger charge is 2.20. The number of hydrogen-bond acceptors (Lipinski definition) is 10. The molecule has 2 heterocycles. The number of hydrogen-bond donors (Lipinski definition) is 1. The molecule has 3 aromatic carbocycles. The highest BCUT2D eigenvalue weighted by atomic mass is 32.2. The summed E-state index contributed by atoms with van der Waals surface area (Å²) in [4.78, 5) is 23.5. The number of nitrogens with one attached hydrogen (secondary N) is 1. The zero-order chi connectivity index (χ0) is 31.4. The number of thioether (sulfide) groups is 2. The Morgan fingerprint density at radius 3 is 2.27 bits per heavy atom. The lowest BCUT2D eigenvalue weighted by Gasteiger charge is -2.22. The number of rotatable bonds is 10. The average molecular weight is 646 g/mol. The Bertz CT molecular complexity index is 1770. The first-order chi connectivity index (χ1) is 21.0. The van der Waals surface area contributed by atoms with Gasteiger partial charge in [-0.25, -0.2) is 0 Å². The molecule has 0 saturated heterocycles. The number of carbonyl (C=O) groups excluding carboxylic acids is 1. The Kier molecular flexibility index (Phi) is 9.47. The van der Waals surface area contributed by atoms with Crippen LogP contribution >= 0.6 is 34.9 Å². The number of non-ortho nitro benzene ring substituents is 1. The number of aromatic nitrogens is 5. The van der Waals surface area contributed by atoms with E-state index in [1.54, 1.807) is 23.9 Å². The smallest absolute Gasteiger partial charge is 0.269 e. The summed E-state index contributed by atoms with van der Waals surface area (Å²) in [6.45, 7) is 11.0. The molecule has 226 valence electrons. The first-order valence-corrected chi connectivity index (χ1v) is 16.5. The normalized spacial score (nSPS) is 11.5. The van der Waals surface area contributed by atoms with Gasteiger partial charge in [0.25, 0.3) is 5.69 Å². The zero-order valence-corrected chi connectivity index (χ0v) is 27.3. The molecule has 0 unspecified atom stereocenters. The van der Waals surface area contributed by atoms with Gasteiger partial charge in [-0.05, 0) is 65.8 Å². The van der Waals surface area contributed by atoms with Crippen LogP contribution in [-0.4, -0.2) is 41.5 Å². The number of nitrogens with zero attached hydrogens (tertiary/aromatic N) is 6. The van der Waals surface area contributed by atoms with Crippen LogP contribution in [0.1, 0.15) is 43.0 Å². The van der Waals surface area contributed by atoms with E-state index in [0.717, 1.165) is 15.8 Å². The second kappa shape index (κ2) is 13.3. The number of nitro groups is 1. The zero-order valence-electron chi connectivity index (χ0n) is 24.9. The van der Waals surface area contributed by atoms with Crippen LogP contribution in [0, 0.1) is 24.0 Å². The Labute approximate surface area is 267 Å². The summed E-state index contributed by atoms with van der Waals surface area (Å²) < 4.78 is 2.61. The molecule has 13 heteroatoms. The minimum absolute atomic E-state index is 0.0102. The summed E-state index contributed by atoms with van der Waals surface area (Å²) in [5, 5.41) is 32.0. The monoisotopic (exact) mass is 645 g/mol. The van der Waals surface area contributed by atoms with Crippen molar-refractivity contribution in [2.24, 2.45) is 0 Å². The molecule has 0 saturated carbocycles. The number of aryl methyl sites for hydroxylation is 2. The minimum Gasteiger partial charge on any atom is -0.300 e. The average Bonchev–Trinajstić information content (AvgIpc) is 3.62. The van der Waals surface area contributed by atoms with Gasteiger partial charge in [-0.2, -0.15) is 0 Å². The van der Waals surface area contributed by atoms with Crippen molar-refractivity contribution in [1.82, 2.24) is 25.0 Å². The predicted octanol–water partition coefficient (Wildman–Crippen LogP) is 7.63. The Hall–Kier alpha value is -4.07. The van der Waals surface area contributed by atoms with Crippen LogP contribution in [0.4, 0.5) is 10.8 Å². The van der Waals surface area contributed by atoms with Gasteiger partial charge >= 0.3 is 0 Å². The lowest BCUT2D eigenvalue weighted by atomic mass is 9.84. The number of para-hydroxylation sites is 1. The van der Waals surface area contributed by atoms with Gasteiger partial charge in [-0.3, -0.25) is 24.8 Å². The van der Waals surface area contributed by atoms with Gasteiger partial charge in [0.15, 0.2) is 15.3 Å². The van der Waals surface area contributed by atoms with Gasteiger partial charge in [-0.15, -0.1) is 20.4 Å². The van der Waals surface area contributed by atoms with Gasteiger partial charge in [0.1, 0.15) is 0 Å². The van der Waals surface area contributed by atoms with Gasteiger partial charge in [0.05, 0.1) is 10.7 Å². The number of carbonyl (C=O) groups is 1. The summed E-state index contributed by atoms with van der Waals surface area (Å²) in [5.74, 6) is 1.11. The maximum atomic E-state index is 12.9. The molecular weight excluding hydrogens is 615 g/mol. The number of amides is 1. The summed E-state index contributed by atoms with van der Waals surface area (Å²) >= 11 is 4.18. The Balaban J connectivity index is 1.24. The molecule has 0 aliphatic rings. The van der Waals surface area contributed by atoms with E-state index in [1.807, 2.05) is 34.9 Å². The molecule has 0 fully saturated rings. The summed E-state index contributed by atoms with van der Waals surface area (Å²) in [6.07, 6.45) is 0. The molecule has 0 radical (unpaired) electrons. The van der Waals surface area contributed by atoms with Crippen LogP contribution in [-0.2, 0) is 16.0 Å². The predicted molar refractivity (Wildman–Crippen MR) is 177 cm³/mol. The molecule has 0 atom stereocenters. The van der Waals surface area contributed by atoms with E-state index in [2.05, 4.69) is 72.5 Å². The third-order valence-electron chi connectivity index (χ3n) is 6.87. The van der Waals surface area contributed by atoms with Crippen LogP contribution < -0.4 is 5.32 Å². The molecule has 1 amide bonds. The van der Waals surface area contributed by atoms with Gasteiger partial charge in [0.2, 0.25) is 11.0 Å². The molecule has 0 aliphatic carbocycles. The van der Waals surface area contributed by atoms with Crippen molar-refractivity contribution in [1.29, 1.82) is 0 Å². The van der Waals surface area contributed by atoms with Crippen LogP contribution in [0.5, 0.6) is 0 Å². The van der Waals surface area contributed by atoms with Crippen molar-refractivity contribution in [3.05, 3.63) is 99.1 Å². The fourth-order valence-electron chi connectivity index (χ4n) is 4.48. The van der Waals surface area contributed by atoms with Crippen LogP contribution in [0.15, 0.2) is 76.2 Å². The molecule has 5 rings (SSSR count). The summed E-state index contributed by atoms with van der Waals surface area (Å²) in [5.41, 5.74) is 6.69. The lowest BCUT2D eigenvalue weighted by molar-refractivity contribution is -0.384. The summed E-state index contributed by atoms with van der Waals surface area (Å²) in [7, 11) is 0. The van der Waals surface area contributed by atoms with E-state index in [-0.39, 0.29) is 22.8 Å². The molecule has 0 bridgehead atoms. The van der Waals surface area contributed by atoms with Crippen molar-refractivity contribution in [2.45, 2.75) is 55.3 Å². The number of anilines is 1. The maximum absolute atomic E-state index is 12.9.